The van der Waals surface area contributed by atoms with Crippen molar-refractivity contribution in [1.29, 1.82) is 0 Å². The molecule has 1 amide bonds. The molecule has 142 valence electrons. The monoisotopic (exact) mass is 367 g/mol. The van der Waals surface area contributed by atoms with Gasteiger partial charge in [0.2, 0.25) is 5.78 Å². The van der Waals surface area contributed by atoms with Crippen LogP contribution in [0, 0.1) is 27.7 Å². The number of nitrogens with zero attached hydrogens (tertiary/aromatic N) is 5. The van der Waals surface area contributed by atoms with Gasteiger partial charge in [0.1, 0.15) is 11.5 Å². The second kappa shape index (κ2) is 6.81. The Balaban J connectivity index is 1.43. The fourth-order valence-corrected chi connectivity index (χ4v) is 3.86. The summed E-state index contributed by atoms with van der Waals surface area (Å²) in [5, 5.41) is 0. The van der Waals surface area contributed by atoms with E-state index < -0.39 is 0 Å². The van der Waals surface area contributed by atoms with Crippen molar-refractivity contribution >= 4 is 11.7 Å². The highest BCUT2D eigenvalue weighted by Crippen LogP contribution is 2.18. The van der Waals surface area contributed by atoms with Crippen molar-refractivity contribution in [3.8, 4) is 0 Å². The SMILES string of the molecule is Cc1cc(C)n2c(CN3CCN(C(=O)c4cc(C)oc4C)CC3)cnc2n1. The molecule has 1 fully saturated rings. The average molecular weight is 367 g/mol. The van der Waals surface area contributed by atoms with Crippen LogP contribution in [0.3, 0.4) is 0 Å². The first-order valence-electron chi connectivity index (χ1n) is 9.31. The Labute approximate surface area is 158 Å². The predicted molar refractivity (Wildman–Crippen MR) is 102 cm³/mol. The molecule has 27 heavy (non-hydrogen) atoms. The summed E-state index contributed by atoms with van der Waals surface area (Å²) in [6.07, 6.45) is 1.91. The zero-order chi connectivity index (χ0) is 19.1. The molecule has 0 atom stereocenters. The Bertz CT molecular complexity index is 995. The van der Waals surface area contributed by atoms with Crippen molar-refractivity contribution in [2.75, 3.05) is 26.2 Å². The van der Waals surface area contributed by atoms with Gasteiger partial charge in [0.25, 0.3) is 5.91 Å². The highest BCUT2D eigenvalue weighted by Gasteiger charge is 2.25. The summed E-state index contributed by atoms with van der Waals surface area (Å²) in [4.78, 5) is 26.0. The van der Waals surface area contributed by atoms with Gasteiger partial charge in [-0.1, -0.05) is 0 Å². The van der Waals surface area contributed by atoms with Gasteiger partial charge in [-0.05, 0) is 39.8 Å². The van der Waals surface area contributed by atoms with E-state index in [1.807, 2.05) is 37.9 Å². The molecule has 0 radical (unpaired) electrons. The molecule has 7 heteroatoms. The molecule has 4 heterocycles. The Morgan fingerprint density at radius 3 is 2.52 bits per heavy atom. The summed E-state index contributed by atoms with van der Waals surface area (Å²) < 4.78 is 7.62. The topological polar surface area (TPSA) is 66.9 Å². The highest BCUT2D eigenvalue weighted by molar-refractivity contribution is 5.95. The quantitative estimate of drug-likeness (QED) is 0.712. The molecule has 0 spiro atoms. The van der Waals surface area contributed by atoms with Crippen molar-refractivity contribution in [2.24, 2.45) is 0 Å². The molecular weight excluding hydrogens is 342 g/mol. The summed E-state index contributed by atoms with van der Waals surface area (Å²) >= 11 is 0. The lowest BCUT2D eigenvalue weighted by atomic mass is 10.2. The lowest BCUT2D eigenvalue weighted by Gasteiger charge is -2.34. The number of rotatable bonds is 3. The van der Waals surface area contributed by atoms with Crippen molar-refractivity contribution in [1.82, 2.24) is 24.2 Å². The van der Waals surface area contributed by atoms with E-state index in [2.05, 4.69) is 32.3 Å². The van der Waals surface area contributed by atoms with Crippen LogP contribution in [0.2, 0.25) is 0 Å². The van der Waals surface area contributed by atoms with E-state index >= 15 is 0 Å². The molecule has 0 aliphatic carbocycles. The standard InChI is InChI=1S/C20H25N5O2/c1-13-9-14(2)25-17(11-21-20(25)22-13)12-23-5-7-24(8-6-23)19(26)18-10-15(3)27-16(18)4/h9-11H,5-8,12H2,1-4H3. The van der Waals surface area contributed by atoms with Crippen molar-refractivity contribution in [3.63, 3.8) is 0 Å². The zero-order valence-corrected chi connectivity index (χ0v) is 16.3. The number of amides is 1. The number of aromatic nitrogens is 3. The minimum Gasteiger partial charge on any atom is -0.466 e. The van der Waals surface area contributed by atoms with E-state index in [1.54, 1.807) is 0 Å². The van der Waals surface area contributed by atoms with Crippen LogP contribution < -0.4 is 0 Å². The van der Waals surface area contributed by atoms with Crippen LogP contribution >= 0.6 is 0 Å². The van der Waals surface area contributed by atoms with Gasteiger partial charge in [-0.15, -0.1) is 0 Å². The Morgan fingerprint density at radius 2 is 1.85 bits per heavy atom. The number of furan rings is 1. The zero-order valence-electron chi connectivity index (χ0n) is 16.3. The molecule has 1 aliphatic heterocycles. The number of fused-ring (bicyclic) bond motifs is 1. The third-order valence-corrected chi connectivity index (χ3v) is 5.18. The predicted octanol–water partition coefficient (Wildman–Crippen LogP) is 2.51. The second-order valence-electron chi connectivity index (χ2n) is 7.32. The van der Waals surface area contributed by atoms with Crippen LogP contribution in [0.5, 0.6) is 0 Å². The van der Waals surface area contributed by atoms with Crippen LogP contribution in [0.1, 0.15) is 39.0 Å². The summed E-state index contributed by atoms with van der Waals surface area (Å²) in [5.74, 6) is 2.29. The van der Waals surface area contributed by atoms with Crippen molar-refractivity contribution in [3.05, 3.63) is 52.5 Å². The number of hydrogen-bond acceptors (Lipinski definition) is 5. The van der Waals surface area contributed by atoms with Crippen LogP contribution in [0.15, 0.2) is 22.7 Å². The molecule has 3 aromatic heterocycles. The first-order chi connectivity index (χ1) is 12.9. The van der Waals surface area contributed by atoms with E-state index in [0.29, 0.717) is 11.3 Å². The number of aryl methyl sites for hydroxylation is 4. The van der Waals surface area contributed by atoms with Crippen LogP contribution in [0.25, 0.3) is 5.78 Å². The largest absolute Gasteiger partial charge is 0.466 e. The molecule has 0 saturated carbocycles. The normalized spacial score (nSPS) is 15.6. The van der Waals surface area contributed by atoms with Gasteiger partial charge in [0.05, 0.1) is 17.5 Å². The van der Waals surface area contributed by atoms with E-state index in [0.717, 1.165) is 61.3 Å². The maximum Gasteiger partial charge on any atom is 0.257 e. The minimum atomic E-state index is 0.0642. The third-order valence-electron chi connectivity index (χ3n) is 5.18. The van der Waals surface area contributed by atoms with Gasteiger partial charge in [-0.25, -0.2) is 9.97 Å². The van der Waals surface area contributed by atoms with Gasteiger partial charge in [0.15, 0.2) is 0 Å². The van der Waals surface area contributed by atoms with Gasteiger partial charge in [-0.3, -0.25) is 14.1 Å². The van der Waals surface area contributed by atoms with E-state index in [1.165, 1.54) is 0 Å². The van der Waals surface area contributed by atoms with E-state index in [4.69, 9.17) is 4.42 Å². The molecule has 0 N–H and O–H groups in total. The molecule has 4 rings (SSSR count). The molecule has 1 saturated heterocycles. The summed E-state index contributed by atoms with van der Waals surface area (Å²) in [6, 6.07) is 3.91. The molecular formula is C20H25N5O2. The van der Waals surface area contributed by atoms with Crippen molar-refractivity contribution in [2.45, 2.75) is 34.2 Å². The number of hydrogen-bond donors (Lipinski definition) is 0. The molecule has 3 aromatic rings. The molecule has 1 aliphatic rings. The Kier molecular flexibility index (Phi) is 4.47. The second-order valence-corrected chi connectivity index (χ2v) is 7.32. The fraction of sp³-hybridized carbons (Fsp3) is 0.450. The fourth-order valence-electron chi connectivity index (χ4n) is 3.86. The maximum absolute atomic E-state index is 12.7. The maximum atomic E-state index is 12.7. The third kappa shape index (κ3) is 3.35. The van der Waals surface area contributed by atoms with E-state index in [9.17, 15) is 4.79 Å². The summed E-state index contributed by atoms with van der Waals surface area (Å²) in [6.45, 7) is 11.7. The number of piperazine rings is 1. The molecule has 0 bridgehead atoms. The summed E-state index contributed by atoms with van der Waals surface area (Å²) in [7, 11) is 0. The first kappa shape index (κ1) is 17.7. The number of carbonyl (C=O) groups is 1. The van der Waals surface area contributed by atoms with Gasteiger partial charge >= 0.3 is 0 Å². The summed E-state index contributed by atoms with van der Waals surface area (Å²) in [5.41, 5.74) is 3.94. The molecule has 0 unspecified atom stereocenters. The van der Waals surface area contributed by atoms with Crippen LogP contribution in [0.4, 0.5) is 0 Å². The van der Waals surface area contributed by atoms with Gasteiger partial charge < -0.3 is 9.32 Å². The van der Waals surface area contributed by atoms with E-state index in [-0.39, 0.29) is 5.91 Å². The van der Waals surface area contributed by atoms with Crippen LogP contribution in [-0.4, -0.2) is 56.3 Å². The van der Waals surface area contributed by atoms with Crippen LogP contribution in [-0.2, 0) is 6.54 Å². The number of imidazole rings is 1. The van der Waals surface area contributed by atoms with Crippen molar-refractivity contribution < 1.29 is 9.21 Å². The lowest BCUT2D eigenvalue weighted by molar-refractivity contribution is 0.0625. The molecule has 0 aromatic carbocycles. The minimum absolute atomic E-state index is 0.0642. The lowest BCUT2D eigenvalue weighted by Crippen LogP contribution is -2.48. The highest BCUT2D eigenvalue weighted by atomic mass is 16.3. The van der Waals surface area contributed by atoms with Gasteiger partial charge in [0, 0.05) is 44.1 Å². The Hall–Kier alpha value is -2.67. The average Bonchev–Trinajstić information content (AvgIpc) is 3.17. The first-order valence-corrected chi connectivity index (χ1v) is 9.31. The Morgan fingerprint density at radius 1 is 1.11 bits per heavy atom. The number of carbonyl (C=O) groups excluding carboxylic acids is 1. The van der Waals surface area contributed by atoms with Gasteiger partial charge in [-0.2, -0.15) is 0 Å². The molecule has 7 nitrogen and oxygen atoms in total. The smallest absolute Gasteiger partial charge is 0.257 e.